The van der Waals surface area contributed by atoms with Crippen LogP contribution >= 0.6 is 0 Å². The number of fused-ring (bicyclic) bond motifs is 1. The van der Waals surface area contributed by atoms with Crippen LogP contribution in [0.3, 0.4) is 0 Å². The van der Waals surface area contributed by atoms with Crippen molar-refractivity contribution in [3.8, 4) is 0 Å². The number of hydrogen-bond acceptors (Lipinski definition) is 0. The summed E-state index contributed by atoms with van der Waals surface area (Å²) in [5, 5.41) is 0. The maximum atomic E-state index is 2.37. The zero-order valence-electron chi connectivity index (χ0n) is 11.3. The first-order chi connectivity index (χ1) is 8.42. The maximum Gasteiger partial charge on any atom is -0.0159 e. The molecule has 17 heavy (non-hydrogen) atoms. The molecule has 0 aromatic heterocycles. The van der Waals surface area contributed by atoms with Gasteiger partial charge in [0.1, 0.15) is 0 Å². The molecule has 1 atom stereocenters. The standard InChI is InChI=1S/C17H26/c1-2-3-4-5-6-10-15-12-9-13-16-11-7-8-14-17(15)16/h7-8,11,14-15H,2-6,9-10,12-13H2,1H3. The zero-order valence-corrected chi connectivity index (χ0v) is 11.3. The van der Waals surface area contributed by atoms with E-state index in [-0.39, 0.29) is 0 Å². The van der Waals surface area contributed by atoms with Crippen LogP contribution in [0.4, 0.5) is 0 Å². The largest absolute Gasteiger partial charge is 0.0654 e. The van der Waals surface area contributed by atoms with Gasteiger partial charge in [-0.05, 0) is 42.7 Å². The highest BCUT2D eigenvalue weighted by Crippen LogP contribution is 2.34. The highest BCUT2D eigenvalue weighted by atomic mass is 14.2. The van der Waals surface area contributed by atoms with E-state index in [1.807, 2.05) is 0 Å². The van der Waals surface area contributed by atoms with Crippen molar-refractivity contribution in [1.82, 2.24) is 0 Å². The Hall–Kier alpha value is -0.780. The van der Waals surface area contributed by atoms with E-state index in [2.05, 4.69) is 31.2 Å². The van der Waals surface area contributed by atoms with Gasteiger partial charge >= 0.3 is 0 Å². The van der Waals surface area contributed by atoms with Crippen molar-refractivity contribution in [2.75, 3.05) is 0 Å². The molecule has 0 fully saturated rings. The van der Waals surface area contributed by atoms with Crippen LogP contribution in [0, 0.1) is 0 Å². The van der Waals surface area contributed by atoms with Crippen molar-refractivity contribution >= 4 is 0 Å². The second-order valence-corrected chi connectivity index (χ2v) is 5.49. The molecule has 0 spiro atoms. The average molecular weight is 230 g/mol. The molecule has 2 rings (SSSR count). The Balaban J connectivity index is 1.82. The second-order valence-electron chi connectivity index (χ2n) is 5.49. The molecule has 1 unspecified atom stereocenters. The van der Waals surface area contributed by atoms with Crippen LogP contribution in [0.5, 0.6) is 0 Å². The van der Waals surface area contributed by atoms with Gasteiger partial charge in [-0.3, -0.25) is 0 Å². The smallest absolute Gasteiger partial charge is 0.0159 e. The van der Waals surface area contributed by atoms with Gasteiger partial charge in [-0.1, -0.05) is 63.3 Å². The molecule has 1 aliphatic rings. The van der Waals surface area contributed by atoms with Gasteiger partial charge in [-0.2, -0.15) is 0 Å². The van der Waals surface area contributed by atoms with Crippen LogP contribution in [-0.4, -0.2) is 0 Å². The first-order valence-corrected chi connectivity index (χ1v) is 7.49. The van der Waals surface area contributed by atoms with Gasteiger partial charge in [0.25, 0.3) is 0 Å². The number of unbranched alkanes of at least 4 members (excludes halogenated alkanes) is 4. The van der Waals surface area contributed by atoms with Crippen molar-refractivity contribution in [2.45, 2.75) is 70.6 Å². The fourth-order valence-corrected chi connectivity index (χ4v) is 3.15. The quantitative estimate of drug-likeness (QED) is 0.569. The molecule has 0 saturated carbocycles. The van der Waals surface area contributed by atoms with Crippen molar-refractivity contribution < 1.29 is 0 Å². The monoisotopic (exact) mass is 230 g/mol. The normalized spacial score (nSPS) is 19.0. The minimum absolute atomic E-state index is 0.863. The molecule has 0 radical (unpaired) electrons. The minimum Gasteiger partial charge on any atom is -0.0654 e. The van der Waals surface area contributed by atoms with Crippen LogP contribution in [0.25, 0.3) is 0 Å². The van der Waals surface area contributed by atoms with E-state index in [1.54, 1.807) is 11.1 Å². The number of rotatable bonds is 6. The van der Waals surface area contributed by atoms with Crippen LogP contribution in [0.15, 0.2) is 24.3 Å². The molecule has 0 aliphatic heterocycles. The van der Waals surface area contributed by atoms with Gasteiger partial charge in [0.15, 0.2) is 0 Å². The third kappa shape index (κ3) is 3.59. The van der Waals surface area contributed by atoms with E-state index in [1.165, 1.54) is 57.8 Å². The van der Waals surface area contributed by atoms with Crippen LogP contribution in [0.2, 0.25) is 0 Å². The lowest BCUT2D eigenvalue weighted by Crippen LogP contribution is -2.09. The lowest BCUT2D eigenvalue weighted by Gasteiger charge is -2.25. The molecule has 0 saturated heterocycles. The second kappa shape index (κ2) is 6.83. The van der Waals surface area contributed by atoms with Crippen molar-refractivity contribution in [3.05, 3.63) is 35.4 Å². The molecule has 94 valence electrons. The van der Waals surface area contributed by atoms with Gasteiger partial charge < -0.3 is 0 Å². The SMILES string of the molecule is CCCCCCCC1CCCc2ccccc21. The van der Waals surface area contributed by atoms with E-state index in [0.29, 0.717) is 0 Å². The Bertz CT molecular complexity index is 327. The summed E-state index contributed by atoms with van der Waals surface area (Å²) in [6, 6.07) is 9.11. The topological polar surface area (TPSA) is 0 Å². The molecular formula is C17H26. The van der Waals surface area contributed by atoms with E-state index < -0.39 is 0 Å². The first kappa shape index (κ1) is 12.7. The van der Waals surface area contributed by atoms with Gasteiger partial charge in [0.05, 0.1) is 0 Å². The average Bonchev–Trinajstić information content (AvgIpc) is 2.39. The summed E-state index contributed by atoms with van der Waals surface area (Å²) in [5.74, 6) is 0.863. The van der Waals surface area contributed by atoms with Gasteiger partial charge in [-0.15, -0.1) is 0 Å². The summed E-state index contributed by atoms with van der Waals surface area (Å²) in [7, 11) is 0. The van der Waals surface area contributed by atoms with E-state index in [0.717, 1.165) is 5.92 Å². The first-order valence-electron chi connectivity index (χ1n) is 7.49. The fourth-order valence-electron chi connectivity index (χ4n) is 3.15. The maximum absolute atomic E-state index is 2.37. The van der Waals surface area contributed by atoms with E-state index >= 15 is 0 Å². The Morgan fingerprint density at radius 3 is 2.76 bits per heavy atom. The van der Waals surface area contributed by atoms with Crippen LogP contribution in [0.1, 0.15) is 75.3 Å². The number of aryl methyl sites for hydroxylation is 1. The molecule has 1 aliphatic carbocycles. The summed E-state index contributed by atoms with van der Waals surface area (Å²) in [5.41, 5.74) is 3.28. The Labute approximate surface area is 106 Å². The van der Waals surface area contributed by atoms with Gasteiger partial charge in [0.2, 0.25) is 0 Å². The highest BCUT2D eigenvalue weighted by molar-refractivity contribution is 5.32. The zero-order chi connectivity index (χ0) is 11.9. The minimum atomic E-state index is 0.863. The predicted octanol–water partition coefficient (Wildman–Crippen LogP) is 5.47. The summed E-state index contributed by atoms with van der Waals surface area (Å²) in [4.78, 5) is 0. The molecule has 0 heteroatoms. The molecule has 1 aromatic carbocycles. The van der Waals surface area contributed by atoms with Crippen molar-refractivity contribution in [1.29, 1.82) is 0 Å². The highest BCUT2D eigenvalue weighted by Gasteiger charge is 2.18. The molecular weight excluding hydrogens is 204 g/mol. The van der Waals surface area contributed by atoms with E-state index in [9.17, 15) is 0 Å². The third-order valence-corrected chi connectivity index (χ3v) is 4.15. The number of hydrogen-bond donors (Lipinski definition) is 0. The summed E-state index contributed by atoms with van der Waals surface area (Å²) >= 11 is 0. The summed E-state index contributed by atoms with van der Waals surface area (Å²) in [6.45, 7) is 2.29. The van der Waals surface area contributed by atoms with Crippen LogP contribution in [-0.2, 0) is 6.42 Å². The summed E-state index contributed by atoms with van der Waals surface area (Å²) in [6.07, 6.45) is 12.6. The molecule has 0 N–H and O–H groups in total. The lowest BCUT2D eigenvalue weighted by molar-refractivity contribution is 0.486. The predicted molar refractivity (Wildman–Crippen MR) is 75.5 cm³/mol. The van der Waals surface area contributed by atoms with Gasteiger partial charge in [0, 0.05) is 0 Å². The molecule has 0 heterocycles. The lowest BCUT2D eigenvalue weighted by atomic mass is 9.80. The Kier molecular flexibility index (Phi) is 5.09. The Morgan fingerprint density at radius 2 is 1.88 bits per heavy atom. The van der Waals surface area contributed by atoms with E-state index in [4.69, 9.17) is 0 Å². The molecule has 0 bridgehead atoms. The van der Waals surface area contributed by atoms with Crippen molar-refractivity contribution in [2.24, 2.45) is 0 Å². The summed E-state index contributed by atoms with van der Waals surface area (Å²) < 4.78 is 0. The molecule has 1 aromatic rings. The van der Waals surface area contributed by atoms with Gasteiger partial charge in [-0.25, -0.2) is 0 Å². The van der Waals surface area contributed by atoms with Crippen LogP contribution < -0.4 is 0 Å². The molecule has 0 amide bonds. The van der Waals surface area contributed by atoms with Crippen molar-refractivity contribution in [3.63, 3.8) is 0 Å². The molecule has 0 nitrogen and oxygen atoms in total. The fraction of sp³-hybridized carbons (Fsp3) is 0.647. The third-order valence-electron chi connectivity index (χ3n) is 4.15. The number of benzene rings is 1. The Morgan fingerprint density at radius 1 is 1.06 bits per heavy atom.